The second-order valence-electron chi connectivity index (χ2n) is 4.41. The van der Waals surface area contributed by atoms with Gasteiger partial charge in [-0.25, -0.2) is 8.78 Å². The second-order valence-corrected chi connectivity index (χ2v) is 4.82. The van der Waals surface area contributed by atoms with Gasteiger partial charge in [-0.2, -0.15) is 0 Å². The molecular formula is C16H12ClF2NO2. The van der Waals surface area contributed by atoms with Crippen molar-refractivity contribution in [1.29, 1.82) is 0 Å². The van der Waals surface area contributed by atoms with Crippen molar-refractivity contribution in [3.05, 3.63) is 51.3 Å². The number of halogens is 3. The molecule has 0 fully saturated rings. The van der Waals surface area contributed by atoms with Gasteiger partial charge in [-0.3, -0.25) is 4.79 Å². The molecule has 0 aliphatic rings. The molecule has 2 aromatic rings. The van der Waals surface area contributed by atoms with E-state index in [1.807, 2.05) is 0 Å². The lowest BCUT2D eigenvalue weighted by molar-refractivity contribution is 0.365. The van der Waals surface area contributed by atoms with Crippen molar-refractivity contribution >= 4 is 11.6 Å². The van der Waals surface area contributed by atoms with E-state index < -0.39 is 17.2 Å². The minimum absolute atomic E-state index is 0.0230. The summed E-state index contributed by atoms with van der Waals surface area (Å²) in [6.07, 6.45) is 0. The molecule has 1 aromatic heterocycles. The van der Waals surface area contributed by atoms with E-state index in [9.17, 15) is 13.6 Å². The van der Waals surface area contributed by atoms with E-state index in [-0.39, 0.29) is 28.6 Å². The number of ether oxygens (including phenoxy) is 1. The average Bonchev–Trinajstić information content (AvgIpc) is 2.47. The van der Waals surface area contributed by atoms with Gasteiger partial charge in [0.05, 0.1) is 11.3 Å². The third-order valence-corrected chi connectivity index (χ3v) is 3.31. The van der Waals surface area contributed by atoms with Crippen molar-refractivity contribution in [3.8, 4) is 28.8 Å². The summed E-state index contributed by atoms with van der Waals surface area (Å²) in [6.45, 7) is 1.67. The molecule has 0 bridgehead atoms. The predicted molar refractivity (Wildman–Crippen MR) is 81.0 cm³/mol. The van der Waals surface area contributed by atoms with Crippen molar-refractivity contribution in [2.75, 3.05) is 6.61 Å². The maximum Gasteiger partial charge on any atom is 0.269 e. The Bertz CT molecular complexity index is 811. The molecule has 0 aliphatic carbocycles. The minimum Gasteiger partial charge on any atom is -0.481 e. The number of hydrogen-bond acceptors (Lipinski definition) is 2. The van der Waals surface area contributed by atoms with Crippen molar-refractivity contribution in [3.63, 3.8) is 0 Å². The maximum absolute atomic E-state index is 14.2. The third kappa shape index (κ3) is 3.12. The molecule has 0 saturated heterocycles. The molecule has 0 radical (unpaired) electrons. The number of pyridine rings is 1. The molecule has 6 heteroatoms. The Balaban J connectivity index is 2.51. The van der Waals surface area contributed by atoms with Gasteiger partial charge >= 0.3 is 0 Å². The fraction of sp³-hybridized carbons (Fsp3) is 0.188. The van der Waals surface area contributed by atoms with Crippen LogP contribution in [-0.4, -0.2) is 11.2 Å². The van der Waals surface area contributed by atoms with Gasteiger partial charge in [0, 0.05) is 19.2 Å². The molecule has 0 unspecified atom stereocenters. The van der Waals surface area contributed by atoms with Crippen LogP contribution in [0.15, 0.2) is 29.1 Å². The van der Waals surface area contributed by atoms with Gasteiger partial charge in [-0.15, -0.1) is 5.92 Å². The average molecular weight is 324 g/mol. The molecule has 0 amide bonds. The smallest absolute Gasteiger partial charge is 0.269 e. The van der Waals surface area contributed by atoms with Gasteiger partial charge in [0.1, 0.15) is 29.0 Å². The summed E-state index contributed by atoms with van der Waals surface area (Å²) >= 11 is 5.70. The van der Waals surface area contributed by atoms with Crippen molar-refractivity contribution < 1.29 is 13.5 Å². The molecular weight excluding hydrogens is 312 g/mol. The van der Waals surface area contributed by atoms with Crippen LogP contribution in [0, 0.1) is 23.5 Å². The summed E-state index contributed by atoms with van der Waals surface area (Å²) in [6, 6.07) is 4.79. The Morgan fingerprint density at radius 2 is 1.91 bits per heavy atom. The van der Waals surface area contributed by atoms with Gasteiger partial charge in [0.15, 0.2) is 0 Å². The van der Waals surface area contributed by atoms with Crippen molar-refractivity contribution in [2.45, 2.75) is 6.92 Å². The number of hydrogen-bond donors (Lipinski definition) is 0. The molecule has 0 aliphatic heterocycles. The molecule has 114 valence electrons. The lowest BCUT2D eigenvalue weighted by atomic mass is 10.1. The first-order valence-electron chi connectivity index (χ1n) is 6.33. The quantitative estimate of drug-likeness (QED) is 0.811. The third-order valence-electron chi connectivity index (χ3n) is 3.02. The molecule has 3 nitrogen and oxygen atoms in total. The highest BCUT2D eigenvalue weighted by Crippen LogP contribution is 2.29. The Kier molecular flexibility index (Phi) is 4.84. The molecule has 0 spiro atoms. The van der Waals surface area contributed by atoms with Crippen LogP contribution >= 0.6 is 11.6 Å². The minimum atomic E-state index is -0.836. The predicted octanol–water partition coefficient (Wildman–Crippen LogP) is 3.39. The molecule has 0 N–H and O–H groups in total. The normalized spacial score (nSPS) is 10.0. The molecule has 2 rings (SSSR count). The largest absolute Gasteiger partial charge is 0.481 e. The summed E-state index contributed by atoms with van der Waals surface area (Å²) in [5.41, 5.74) is -0.758. The Hall–Kier alpha value is -2.32. The molecule has 1 aromatic carbocycles. The van der Waals surface area contributed by atoms with Crippen LogP contribution in [0.25, 0.3) is 11.3 Å². The molecule has 1 heterocycles. The van der Waals surface area contributed by atoms with Gasteiger partial charge < -0.3 is 9.30 Å². The first-order chi connectivity index (χ1) is 10.5. The first-order valence-corrected chi connectivity index (χ1v) is 6.71. The number of aromatic nitrogens is 1. The van der Waals surface area contributed by atoms with Crippen molar-refractivity contribution in [1.82, 2.24) is 4.57 Å². The van der Waals surface area contributed by atoms with Crippen LogP contribution < -0.4 is 10.3 Å². The van der Waals surface area contributed by atoms with Crippen LogP contribution in [0.5, 0.6) is 5.75 Å². The van der Waals surface area contributed by atoms with Gasteiger partial charge in [0.2, 0.25) is 0 Å². The molecule has 0 saturated carbocycles. The lowest BCUT2D eigenvalue weighted by Crippen LogP contribution is -2.19. The zero-order valence-corrected chi connectivity index (χ0v) is 12.7. The van der Waals surface area contributed by atoms with Crippen LogP contribution in [0.4, 0.5) is 8.78 Å². The second kappa shape index (κ2) is 6.63. The molecule has 0 atom stereocenters. The monoisotopic (exact) mass is 323 g/mol. The van der Waals surface area contributed by atoms with Crippen LogP contribution in [0.2, 0.25) is 5.02 Å². The number of rotatable bonds is 3. The first kappa shape index (κ1) is 16.1. The summed E-state index contributed by atoms with van der Waals surface area (Å²) in [7, 11) is 1.39. The van der Waals surface area contributed by atoms with Crippen LogP contribution in [0.1, 0.15) is 6.92 Å². The van der Waals surface area contributed by atoms with E-state index in [4.69, 9.17) is 16.3 Å². The number of nitrogens with zero attached hydrogens (tertiary/aromatic N) is 1. The topological polar surface area (TPSA) is 31.2 Å². The Morgan fingerprint density at radius 3 is 2.50 bits per heavy atom. The summed E-state index contributed by atoms with van der Waals surface area (Å²) < 4.78 is 34.6. The summed E-state index contributed by atoms with van der Waals surface area (Å²) in [5, 5.41) is -0.0230. The van der Waals surface area contributed by atoms with Gasteiger partial charge in [-0.05, 0) is 19.1 Å². The highest BCUT2D eigenvalue weighted by Gasteiger charge is 2.17. The van der Waals surface area contributed by atoms with Crippen LogP contribution in [0.3, 0.4) is 0 Å². The van der Waals surface area contributed by atoms with E-state index in [2.05, 4.69) is 11.8 Å². The molecule has 22 heavy (non-hydrogen) atoms. The lowest BCUT2D eigenvalue weighted by Gasteiger charge is -2.12. The zero-order valence-electron chi connectivity index (χ0n) is 11.9. The van der Waals surface area contributed by atoms with E-state index in [1.165, 1.54) is 19.2 Å². The summed E-state index contributed by atoms with van der Waals surface area (Å²) in [4.78, 5) is 11.8. The van der Waals surface area contributed by atoms with Crippen LogP contribution in [-0.2, 0) is 7.05 Å². The van der Waals surface area contributed by atoms with Crippen molar-refractivity contribution in [2.24, 2.45) is 7.05 Å². The Labute approximate surface area is 131 Å². The standard InChI is InChI=1S/C16H12ClF2NO2/c1-3-4-7-22-10-8-12(18)15(13(19)9-10)14-6-5-11(17)16(21)20(14)2/h5-6,8-9H,7H2,1-2H3. The van der Waals surface area contributed by atoms with E-state index in [0.717, 1.165) is 16.7 Å². The fourth-order valence-corrected chi connectivity index (χ4v) is 2.12. The van der Waals surface area contributed by atoms with E-state index >= 15 is 0 Å². The SMILES string of the molecule is CC#CCOc1cc(F)c(-c2ccc(Cl)c(=O)n2C)c(F)c1. The zero-order chi connectivity index (χ0) is 16.3. The number of benzene rings is 1. The maximum atomic E-state index is 14.2. The van der Waals surface area contributed by atoms with Gasteiger partial charge in [0.25, 0.3) is 5.56 Å². The fourth-order valence-electron chi connectivity index (χ4n) is 1.93. The highest BCUT2D eigenvalue weighted by molar-refractivity contribution is 6.30. The van der Waals surface area contributed by atoms with E-state index in [0.29, 0.717) is 0 Å². The van der Waals surface area contributed by atoms with Gasteiger partial charge in [-0.1, -0.05) is 17.5 Å². The highest BCUT2D eigenvalue weighted by atomic mass is 35.5. The van der Waals surface area contributed by atoms with E-state index in [1.54, 1.807) is 6.92 Å². The Morgan fingerprint density at radius 1 is 1.27 bits per heavy atom. The summed E-state index contributed by atoms with van der Waals surface area (Å²) in [5.74, 6) is 3.59.